The molecule has 1 rings (SSSR count). The van der Waals surface area contributed by atoms with Crippen LogP contribution in [0.1, 0.15) is 19.4 Å². The third-order valence-corrected chi connectivity index (χ3v) is 3.24. The Kier molecular flexibility index (Phi) is 6.52. The van der Waals surface area contributed by atoms with Gasteiger partial charge in [0.25, 0.3) is 0 Å². The average molecular weight is 294 g/mol. The number of aliphatic carboxylic acids is 1. The summed E-state index contributed by atoms with van der Waals surface area (Å²) < 4.78 is 5.19. The van der Waals surface area contributed by atoms with Crippen molar-refractivity contribution in [2.24, 2.45) is 11.8 Å². The molecule has 21 heavy (non-hydrogen) atoms. The smallest absolute Gasteiger partial charge is 0.315 e. The minimum atomic E-state index is -0.907. The van der Waals surface area contributed by atoms with E-state index in [0.717, 1.165) is 5.56 Å². The van der Waals surface area contributed by atoms with Gasteiger partial charge in [-0.3, -0.25) is 4.79 Å². The molecule has 116 valence electrons. The summed E-state index contributed by atoms with van der Waals surface area (Å²) in [7, 11) is 1.57. The molecule has 1 unspecified atom stereocenters. The van der Waals surface area contributed by atoms with E-state index in [1.165, 1.54) is 0 Å². The Bertz CT molecular complexity index is 488. The van der Waals surface area contributed by atoms with Crippen LogP contribution in [0.5, 0.6) is 5.75 Å². The highest BCUT2D eigenvalue weighted by atomic mass is 16.5. The number of hydrogen-bond acceptors (Lipinski definition) is 3. The maximum atomic E-state index is 11.7. The van der Waals surface area contributed by atoms with Crippen LogP contribution < -0.4 is 15.4 Å². The number of benzene rings is 1. The molecule has 1 atom stereocenters. The highest BCUT2D eigenvalue weighted by Gasteiger charge is 2.21. The number of ether oxygens (including phenoxy) is 1. The summed E-state index contributed by atoms with van der Waals surface area (Å²) >= 11 is 0. The van der Waals surface area contributed by atoms with Gasteiger partial charge in [0.1, 0.15) is 5.75 Å². The Hall–Kier alpha value is -2.24. The molecular weight excluding hydrogens is 272 g/mol. The van der Waals surface area contributed by atoms with Crippen molar-refractivity contribution in [1.29, 1.82) is 0 Å². The van der Waals surface area contributed by atoms with Crippen LogP contribution in [0.4, 0.5) is 4.79 Å². The molecule has 2 amide bonds. The summed E-state index contributed by atoms with van der Waals surface area (Å²) in [4.78, 5) is 22.7. The summed E-state index contributed by atoms with van der Waals surface area (Å²) in [5, 5.41) is 14.3. The van der Waals surface area contributed by atoms with Gasteiger partial charge in [-0.1, -0.05) is 32.0 Å². The minimum absolute atomic E-state index is 0.0444. The number of nitrogens with one attached hydrogen (secondary N) is 2. The third kappa shape index (κ3) is 5.33. The molecule has 0 aliphatic heterocycles. The van der Waals surface area contributed by atoms with Crippen molar-refractivity contribution in [3.63, 3.8) is 0 Å². The van der Waals surface area contributed by atoms with Crippen molar-refractivity contribution < 1.29 is 19.4 Å². The molecule has 0 aliphatic carbocycles. The third-order valence-electron chi connectivity index (χ3n) is 3.24. The SMILES string of the molecule is COc1ccccc1CNC(=O)NCC(C(=O)O)C(C)C. The quantitative estimate of drug-likeness (QED) is 0.716. The maximum absolute atomic E-state index is 11.7. The zero-order valence-corrected chi connectivity index (χ0v) is 12.6. The first-order chi connectivity index (χ1) is 9.95. The van der Waals surface area contributed by atoms with Gasteiger partial charge in [-0.25, -0.2) is 4.79 Å². The number of carbonyl (C=O) groups is 2. The lowest BCUT2D eigenvalue weighted by Gasteiger charge is -2.17. The van der Waals surface area contributed by atoms with Crippen LogP contribution in [0.3, 0.4) is 0 Å². The standard InChI is InChI=1S/C15H22N2O4/c1-10(2)12(14(18)19)9-17-15(20)16-8-11-6-4-5-7-13(11)21-3/h4-7,10,12H,8-9H2,1-3H3,(H,18,19)(H2,16,17,20). The molecule has 1 aromatic rings. The Balaban J connectivity index is 2.46. The fourth-order valence-corrected chi connectivity index (χ4v) is 1.90. The zero-order chi connectivity index (χ0) is 15.8. The second-order valence-corrected chi connectivity index (χ2v) is 5.06. The molecule has 0 bridgehead atoms. The van der Waals surface area contributed by atoms with Gasteiger partial charge in [-0.15, -0.1) is 0 Å². The summed E-state index contributed by atoms with van der Waals surface area (Å²) in [6.07, 6.45) is 0. The van der Waals surface area contributed by atoms with Crippen molar-refractivity contribution in [3.8, 4) is 5.75 Å². The summed E-state index contributed by atoms with van der Waals surface area (Å²) in [5.41, 5.74) is 0.855. The van der Waals surface area contributed by atoms with Crippen molar-refractivity contribution >= 4 is 12.0 Å². The van der Waals surface area contributed by atoms with Gasteiger partial charge in [-0.2, -0.15) is 0 Å². The van der Waals surface area contributed by atoms with Crippen LogP contribution in [0.15, 0.2) is 24.3 Å². The molecule has 6 heteroatoms. The van der Waals surface area contributed by atoms with Crippen molar-refractivity contribution in [3.05, 3.63) is 29.8 Å². The predicted octanol–water partition coefficient (Wildman–Crippen LogP) is 1.85. The van der Waals surface area contributed by atoms with Crippen LogP contribution >= 0.6 is 0 Å². The molecule has 0 aromatic heterocycles. The van der Waals surface area contributed by atoms with Gasteiger partial charge in [0.15, 0.2) is 0 Å². The highest BCUT2D eigenvalue weighted by molar-refractivity contribution is 5.76. The van der Waals surface area contributed by atoms with Crippen LogP contribution in [-0.2, 0) is 11.3 Å². The largest absolute Gasteiger partial charge is 0.496 e. The van der Waals surface area contributed by atoms with Gasteiger partial charge < -0.3 is 20.5 Å². The van der Waals surface area contributed by atoms with Gasteiger partial charge in [0.2, 0.25) is 0 Å². The molecule has 0 spiro atoms. The van der Waals surface area contributed by atoms with Gasteiger partial charge in [0.05, 0.1) is 13.0 Å². The topological polar surface area (TPSA) is 87.7 Å². The van der Waals surface area contributed by atoms with Crippen molar-refractivity contribution in [2.45, 2.75) is 20.4 Å². The van der Waals surface area contributed by atoms with Crippen molar-refractivity contribution in [1.82, 2.24) is 10.6 Å². The number of urea groups is 1. The lowest BCUT2D eigenvalue weighted by atomic mass is 9.96. The van der Waals surface area contributed by atoms with Gasteiger partial charge >= 0.3 is 12.0 Å². The van der Waals surface area contributed by atoms with E-state index >= 15 is 0 Å². The first-order valence-electron chi connectivity index (χ1n) is 6.82. The summed E-state index contributed by atoms with van der Waals surface area (Å²) in [6, 6.07) is 6.98. The number of para-hydroxylation sites is 1. The molecule has 0 aliphatic rings. The van der Waals surface area contributed by atoms with E-state index in [1.54, 1.807) is 7.11 Å². The maximum Gasteiger partial charge on any atom is 0.315 e. The van der Waals surface area contributed by atoms with E-state index in [2.05, 4.69) is 10.6 Å². The van der Waals surface area contributed by atoms with E-state index < -0.39 is 17.9 Å². The van der Waals surface area contributed by atoms with Gasteiger partial charge in [-0.05, 0) is 12.0 Å². The van der Waals surface area contributed by atoms with Crippen LogP contribution in [0.25, 0.3) is 0 Å². The Morgan fingerprint density at radius 3 is 2.48 bits per heavy atom. The molecular formula is C15H22N2O4. The molecule has 0 saturated heterocycles. The van der Waals surface area contributed by atoms with E-state index in [1.807, 2.05) is 38.1 Å². The van der Waals surface area contributed by atoms with Crippen LogP contribution in [0.2, 0.25) is 0 Å². The number of carboxylic acid groups (broad SMARTS) is 1. The number of carbonyl (C=O) groups excluding carboxylic acids is 1. The summed E-state index contributed by atoms with van der Waals surface area (Å²) in [5.74, 6) is -0.850. The van der Waals surface area contributed by atoms with E-state index in [4.69, 9.17) is 9.84 Å². The Labute approximate surface area is 124 Å². The van der Waals surface area contributed by atoms with Gasteiger partial charge in [0, 0.05) is 18.7 Å². The molecule has 0 heterocycles. The number of amides is 2. The lowest BCUT2D eigenvalue weighted by molar-refractivity contribution is -0.142. The molecule has 3 N–H and O–H groups in total. The van der Waals surface area contributed by atoms with E-state index in [-0.39, 0.29) is 12.5 Å². The first-order valence-corrected chi connectivity index (χ1v) is 6.82. The predicted molar refractivity (Wildman–Crippen MR) is 79.2 cm³/mol. The first kappa shape index (κ1) is 16.8. The minimum Gasteiger partial charge on any atom is -0.496 e. The van der Waals surface area contributed by atoms with Crippen LogP contribution in [0, 0.1) is 11.8 Å². The normalized spacial score (nSPS) is 11.8. The monoisotopic (exact) mass is 294 g/mol. The van der Waals surface area contributed by atoms with E-state index in [9.17, 15) is 9.59 Å². The molecule has 0 fully saturated rings. The molecule has 6 nitrogen and oxygen atoms in total. The second kappa shape index (κ2) is 8.14. The van der Waals surface area contributed by atoms with Crippen molar-refractivity contribution in [2.75, 3.05) is 13.7 Å². The molecule has 0 radical (unpaired) electrons. The number of hydrogen-bond donors (Lipinski definition) is 3. The zero-order valence-electron chi connectivity index (χ0n) is 12.6. The second-order valence-electron chi connectivity index (χ2n) is 5.06. The highest BCUT2D eigenvalue weighted by Crippen LogP contribution is 2.16. The lowest BCUT2D eigenvalue weighted by Crippen LogP contribution is -2.41. The molecule has 1 aromatic carbocycles. The molecule has 0 saturated carbocycles. The Morgan fingerprint density at radius 1 is 1.24 bits per heavy atom. The number of rotatable bonds is 7. The van der Waals surface area contributed by atoms with Crippen LogP contribution in [-0.4, -0.2) is 30.8 Å². The van der Waals surface area contributed by atoms with E-state index in [0.29, 0.717) is 12.3 Å². The fourth-order valence-electron chi connectivity index (χ4n) is 1.90. The average Bonchev–Trinajstić information content (AvgIpc) is 2.44. The summed E-state index contributed by atoms with van der Waals surface area (Å²) in [6.45, 7) is 4.04. The number of carboxylic acids is 1. The number of methoxy groups -OCH3 is 1. The Morgan fingerprint density at radius 2 is 1.90 bits per heavy atom. The fraction of sp³-hybridized carbons (Fsp3) is 0.467.